The van der Waals surface area contributed by atoms with Crippen LogP contribution in [0.25, 0.3) is 11.3 Å². The van der Waals surface area contributed by atoms with E-state index in [0.717, 1.165) is 37.1 Å². The summed E-state index contributed by atoms with van der Waals surface area (Å²) < 4.78 is 5.37. The SMILES string of the molecule is Cc1onc(-c2c(Cl)cccc2Cl)c1C(=O)NC1CCC(Cc2ccc(Cl)cc2)(N(C)C)CC1. The molecule has 0 bridgehead atoms. The molecule has 1 aromatic heterocycles. The third-order valence-electron chi connectivity index (χ3n) is 6.94. The van der Waals surface area contributed by atoms with Gasteiger partial charge in [-0.25, -0.2) is 0 Å². The molecule has 1 N–H and O–H groups in total. The fraction of sp³-hybridized carbons (Fsp3) is 0.385. The number of hydrogen-bond acceptors (Lipinski definition) is 4. The molecule has 2 aromatic carbocycles. The molecule has 5 nitrogen and oxygen atoms in total. The second-order valence-electron chi connectivity index (χ2n) is 9.23. The minimum absolute atomic E-state index is 0.0401. The molecule has 1 saturated carbocycles. The fourth-order valence-corrected chi connectivity index (χ4v) is 5.56. The maximum absolute atomic E-state index is 13.3. The van der Waals surface area contributed by atoms with Crippen molar-refractivity contribution in [1.82, 2.24) is 15.4 Å². The number of aromatic nitrogens is 1. The Labute approximate surface area is 215 Å². The zero-order valence-corrected chi connectivity index (χ0v) is 21.8. The Morgan fingerprint density at radius 3 is 2.29 bits per heavy atom. The first-order chi connectivity index (χ1) is 16.2. The first-order valence-corrected chi connectivity index (χ1v) is 12.5. The molecular weight excluding hydrogens is 493 g/mol. The number of hydrogen-bond donors (Lipinski definition) is 1. The van der Waals surface area contributed by atoms with E-state index < -0.39 is 0 Å². The van der Waals surface area contributed by atoms with Crippen molar-refractivity contribution in [3.8, 4) is 11.3 Å². The van der Waals surface area contributed by atoms with Gasteiger partial charge in [0.05, 0.1) is 10.0 Å². The summed E-state index contributed by atoms with van der Waals surface area (Å²) in [6, 6.07) is 13.3. The van der Waals surface area contributed by atoms with E-state index in [4.69, 9.17) is 39.3 Å². The summed E-state index contributed by atoms with van der Waals surface area (Å²) in [4.78, 5) is 15.6. The molecule has 0 saturated heterocycles. The Hall–Kier alpha value is -2.05. The summed E-state index contributed by atoms with van der Waals surface area (Å²) in [5.41, 5.74) is 2.55. The molecule has 180 valence electrons. The summed E-state index contributed by atoms with van der Waals surface area (Å²) in [6.07, 6.45) is 4.64. The first kappa shape index (κ1) is 25.1. The lowest BCUT2D eigenvalue weighted by Crippen LogP contribution is -2.52. The molecule has 1 aliphatic carbocycles. The molecule has 0 spiro atoms. The van der Waals surface area contributed by atoms with Gasteiger partial charge in [0.2, 0.25) is 0 Å². The van der Waals surface area contributed by atoms with Crippen molar-refractivity contribution in [3.63, 3.8) is 0 Å². The smallest absolute Gasteiger partial charge is 0.257 e. The van der Waals surface area contributed by atoms with E-state index in [0.29, 0.717) is 32.6 Å². The van der Waals surface area contributed by atoms with Gasteiger partial charge >= 0.3 is 0 Å². The number of carbonyl (C=O) groups is 1. The zero-order valence-electron chi connectivity index (χ0n) is 19.5. The quantitative estimate of drug-likeness (QED) is 0.387. The number of nitrogens with one attached hydrogen (secondary N) is 1. The zero-order chi connectivity index (χ0) is 24.5. The second-order valence-corrected chi connectivity index (χ2v) is 10.5. The number of carbonyl (C=O) groups excluding carboxylic acids is 1. The Morgan fingerprint density at radius 2 is 1.71 bits per heavy atom. The molecular formula is C26H28Cl3N3O2. The number of aryl methyl sites for hydroxylation is 1. The molecule has 8 heteroatoms. The summed E-state index contributed by atoms with van der Waals surface area (Å²) in [7, 11) is 4.27. The molecule has 4 rings (SSSR count). The van der Waals surface area contributed by atoms with Gasteiger partial charge in [0.15, 0.2) is 0 Å². The number of halogens is 3. The lowest BCUT2D eigenvalue weighted by Gasteiger charge is -2.45. The van der Waals surface area contributed by atoms with Gasteiger partial charge in [0.25, 0.3) is 5.91 Å². The number of likely N-dealkylation sites (N-methyl/N-ethyl adjacent to an activating group) is 1. The first-order valence-electron chi connectivity index (χ1n) is 11.3. The van der Waals surface area contributed by atoms with Crippen molar-refractivity contribution in [2.45, 2.75) is 50.6 Å². The highest BCUT2D eigenvalue weighted by Gasteiger charge is 2.38. The number of rotatable bonds is 6. The van der Waals surface area contributed by atoms with Crippen LogP contribution in [0.2, 0.25) is 15.1 Å². The van der Waals surface area contributed by atoms with Crippen molar-refractivity contribution >= 4 is 40.7 Å². The van der Waals surface area contributed by atoms with E-state index in [9.17, 15) is 4.79 Å². The molecule has 0 unspecified atom stereocenters. The van der Waals surface area contributed by atoms with Crippen LogP contribution in [-0.4, -0.2) is 41.6 Å². The minimum atomic E-state index is -0.218. The van der Waals surface area contributed by atoms with E-state index >= 15 is 0 Å². The summed E-state index contributed by atoms with van der Waals surface area (Å²) in [5, 5.41) is 8.89. The number of benzene rings is 2. The summed E-state index contributed by atoms with van der Waals surface area (Å²) in [6.45, 7) is 1.72. The van der Waals surface area contributed by atoms with Gasteiger partial charge in [-0.1, -0.05) is 58.2 Å². The summed E-state index contributed by atoms with van der Waals surface area (Å²) >= 11 is 18.8. The monoisotopic (exact) mass is 519 g/mol. The van der Waals surface area contributed by atoms with Crippen LogP contribution in [0.15, 0.2) is 47.0 Å². The van der Waals surface area contributed by atoms with Crippen LogP contribution in [0.5, 0.6) is 0 Å². The van der Waals surface area contributed by atoms with Crippen molar-refractivity contribution < 1.29 is 9.32 Å². The van der Waals surface area contributed by atoms with Crippen molar-refractivity contribution in [1.29, 1.82) is 0 Å². The average molecular weight is 521 g/mol. The van der Waals surface area contributed by atoms with E-state index in [-0.39, 0.29) is 17.5 Å². The lowest BCUT2D eigenvalue weighted by atomic mass is 9.74. The van der Waals surface area contributed by atoms with E-state index in [1.807, 2.05) is 12.1 Å². The van der Waals surface area contributed by atoms with Crippen molar-refractivity contribution in [2.75, 3.05) is 14.1 Å². The van der Waals surface area contributed by atoms with E-state index in [1.165, 1.54) is 5.56 Å². The van der Waals surface area contributed by atoms with E-state index in [1.54, 1.807) is 25.1 Å². The number of nitrogens with zero attached hydrogens (tertiary/aromatic N) is 2. The van der Waals surface area contributed by atoms with Gasteiger partial charge in [0, 0.05) is 22.2 Å². The average Bonchev–Trinajstić information content (AvgIpc) is 3.17. The highest BCUT2D eigenvalue weighted by molar-refractivity contribution is 6.39. The molecule has 1 amide bonds. The molecule has 1 heterocycles. The maximum atomic E-state index is 13.3. The Balaban J connectivity index is 1.48. The van der Waals surface area contributed by atoms with Crippen molar-refractivity contribution in [2.24, 2.45) is 0 Å². The normalized spacial score (nSPS) is 20.5. The largest absolute Gasteiger partial charge is 0.360 e. The van der Waals surface area contributed by atoms with Gasteiger partial charge in [-0.15, -0.1) is 0 Å². The van der Waals surface area contributed by atoms with Crippen LogP contribution >= 0.6 is 34.8 Å². The highest BCUT2D eigenvalue weighted by Crippen LogP contribution is 2.38. The molecule has 0 radical (unpaired) electrons. The Morgan fingerprint density at radius 1 is 1.09 bits per heavy atom. The predicted octanol–water partition coefficient (Wildman–Crippen LogP) is 6.83. The third-order valence-corrected chi connectivity index (χ3v) is 7.82. The predicted molar refractivity (Wildman–Crippen MR) is 138 cm³/mol. The Bertz CT molecular complexity index is 1150. The molecule has 1 fully saturated rings. The van der Waals surface area contributed by atoms with Crippen molar-refractivity contribution in [3.05, 3.63) is 74.4 Å². The van der Waals surface area contributed by atoms with Crippen LogP contribution in [0.1, 0.15) is 47.4 Å². The molecule has 0 aliphatic heterocycles. The Kier molecular flexibility index (Phi) is 7.58. The van der Waals surface area contributed by atoms with Gasteiger partial charge in [0.1, 0.15) is 17.0 Å². The fourth-order valence-electron chi connectivity index (χ4n) is 4.86. The molecule has 1 aliphatic rings. The van der Waals surface area contributed by atoms with Gasteiger partial charge in [-0.3, -0.25) is 4.79 Å². The topological polar surface area (TPSA) is 58.4 Å². The van der Waals surface area contributed by atoms with Crippen LogP contribution < -0.4 is 5.32 Å². The molecule has 3 aromatic rings. The van der Waals surface area contributed by atoms with Crippen LogP contribution in [0.4, 0.5) is 0 Å². The minimum Gasteiger partial charge on any atom is -0.360 e. The maximum Gasteiger partial charge on any atom is 0.257 e. The lowest BCUT2D eigenvalue weighted by molar-refractivity contribution is 0.0769. The van der Waals surface area contributed by atoms with Crippen LogP contribution in [0, 0.1) is 6.92 Å². The van der Waals surface area contributed by atoms with Gasteiger partial charge in [-0.05, 0) is 83.0 Å². The molecule has 0 atom stereocenters. The molecule has 34 heavy (non-hydrogen) atoms. The van der Waals surface area contributed by atoms with Gasteiger partial charge in [-0.2, -0.15) is 0 Å². The third kappa shape index (κ3) is 5.13. The number of amides is 1. The van der Waals surface area contributed by atoms with Gasteiger partial charge < -0.3 is 14.7 Å². The standard InChI is InChI=1S/C26H28Cl3N3O2/c1-16-22(24(31-34-16)23-20(28)5-4-6-21(23)29)25(33)30-19-11-13-26(14-12-19,32(2)3)15-17-7-9-18(27)10-8-17/h4-10,19H,11-15H2,1-3H3,(H,30,33). The van der Waals surface area contributed by atoms with E-state index in [2.05, 4.69) is 41.6 Å². The second kappa shape index (κ2) is 10.3. The summed E-state index contributed by atoms with van der Waals surface area (Å²) in [5.74, 6) is 0.217. The van der Waals surface area contributed by atoms with Crippen LogP contribution in [-0.2, 0) is 6.42 Å². The highest BCUT2D eigenvalue weighted by atomic mass is 35.5. The van der Waals surface area contributed by atoms with Crippen LogP contribution in [0.3, 0.4) is 0 Å².